The van der Waals surface area contributed by atoms with Gasteiger partial charge in [-0.1, -0.05) is 44.2 Å². The lowest BCUT2D eigenvalue weighted by Gasteiger charge is -2.38. The summed E-state index contributed by atoms with van der Waals surface area (Å²) in [4.78, 5) is 7.59. The third-order valence-corrected chi connectivity index (χ3v) is 6.65. The lowest BCUT2D eigenvalue weighted by Crippen LogP contribution is -2.46. The normalized spacial score (nSPS) is 20.9. The molecule has 0 unspecified atom stereocenters. The van der Waals surface area contributed by atoms with E-state index in [1.807, 2.05) is 6.20 Å². The molecule has 2 heterocycles. The van der Waals surface area contributed by atoms with Crippen LogP contribution in [-0.2, 0) is 19.4 Å². The van der Waals surface area contributed by atoms with Crippen molar-refractivity contribution in [3.05, 3.63) is 65.0 Å². The van der Waals surface area contributed by atoms with Gasteiger partial charge in [0.05, 0.1) is 11.7 Å². The third-order valence-electron chi connectivity index (χ3n) is 6.65. The van der Waals surface area contributed by atoms with E-state index >= 15 is 0 Å². The zero-order valence-electron chi connectivity index (χ0n) is 18.7. The smallest absolute Gasteiger partial charge is 0.0607 e. The van der Waals surface area contributed by atoms with Crippen LogP contribution in [0.25, 0.3) is 0 Å². The Bertz CT molecular complexity index is 803. The molecular formula is C26H38N4. The Hall–Kier alpha value is -1.75. The predicted molar refractivity (Wildman–Crippen MR) is 125 cm³/mol. The molecule has 30 heavy (non-hydrogen) atoms. The van der Waals surface area contributed by atoms with Crippen molar-refractivity contribution in [3.8, 4) is 0 Å². The summed E-state index contributed by atoms with van der Waals surface area (Å²) in [5.74, 6) is 0. The molecule has 2 aromatic rings. The fourth-order valence-corrected chi connectivity index (χ4v) is 5.08. The number of hydrogen-bond acceptors (Lipinski definition) is 4. The zero-order valence-corrected chi connectivity index (χ0v) is 18.7. The van der Waals surface area contributed by atoms with Crippen molar-refractivity contribution in [1.82, 2.24) is 20.5 Å². The number of aryl methyl sites for hydroxylation is 1. The third kappa shape index (κ3) is 5.48. The second-order valence-corrected chi connectivity index (χ2v) is 9.32. The Kier molecular flexibility index (Phi) is 7.53. The second-order valence-electron chi connectivity index (χ2n) is 9.32. The van der Waals surface area contributed by atoms with Crippen LogP contribution in [0.2, 0.25) is 0 Å². The Morgan fingerprint density at radius 3 is 2.80 bits per heavy atom. The molecule has 2 aliphatic rings. The first-order valence-electron chi connectivity index (χ1n) is 11.9. The van der Waals surface area contributed by atoms with Crippen molar-refractivity contribution >= 4 is 0 Å². The Morgan fingerprint density at radius 1 is 1.10 bits per heavy atom. The van der Waals surface area contributed by atoms with Crippen molar-refractivity contribution in [2.24, 2.45) is 0 Å². The molecule has 0 fully saturated rings. The van der Waals surface area contributed by atoms with Gasteiger partial charge in [-0.3, -0.25) is 9.88 Å². The Labute approximate surface area is 182 Å². The fourth-order valence-electron chi connectivity index (χ4n) is 5.08. The van der Waals surface area contributed by atoms with Crippen LogP contribution in [0.5, 0.6) is 0 Å². The number of pyridine rings is 1. The quantitative estimate of drug-likeness (QED) is 0.611. The Morgan fingerprint density at radius 2 is 1.93 bits per heavy atom. The number of rotatable bonds is 9. The molecule has 1 aliphatic carbocycles. The van der Waals surface area contributed by atoms with Crippen LogP contribution in [0.4, 0.5) is 0 Å². The fraction of sp³-hybridized carbons (Fsp3) is 0.577. The highest BCUT2D eigenvalue weighted by Crippen LogP contribution is 2.33. The number of benzene rings is 1. The van der Waals surface area contributed by atoms with E-state index in [1.165, 1.54) is 54.5 Å². The van der Waals surface area contributed by atoms with E-state index in [2.05, 4.69) is 65.8 Å². The lowest BCUT2D eigenvalue weighted by atomic mass is 9.89. The zero-order chi connectivity index (χ0) is 20.8. The van der Waals surface area contributed by atoms with Crippen LogP contribution >= 0.6 is 0 Å². The van der Waals surface area contributed by atoms with Crippen LogP contribution in [0.15, 0.2) is 42.6 Å². The Balaban J connectivity index is 1.44. The summed E-state index contributed by atoms with van der Waals surface area (Å²) in [7, 11) is 0. The minimum absolute atomic E-state index is 0.465. The van der Waals surface area contributed by atoms with Gasteiger partial charge in [0.2, 0.25) is 0 Å². The lowest BCUT2D eigenvalue weighted by molar-refractivity contribution is 0.150. The second kappa shape index (κ2) is 10.5. The van der Waals surface area contributed by atoms with E-state index in [1.54, 1.807) is 0 Å². The van der Waals surface area contributed by atoms with E-state index < -0.39 is 0 Å². The summed E-state index contributed by atoms with van der Waals surface area (Å²) in [6.07, 6.45) is 9.27. The molecule has 4 rings (SSSR count). The maximum absolute atomic E-state index is 4.84. The van der Waals surface area contributed by atoms with Gasteiger partial charge in [-0.25, -0.2) is 0 Å². The van der Waals surface area contributed by atoms with Crippen LogP contribution < -0.4 is 10.6 Å². The summed E-state index contributed by atoms with van der Waals surface area (Å²) in [6, 6.07) is 14.8. The summed E-state index contributed by atoms with van der Waals surface area (Å²) >= 11 is 0. The topological polar surface area (TPSA) is 40.2 Å². The number of hydrogen-bond donors (Lipinski definition) is 2. The molecule has 1 aliphatic heterocycles. The molecule has 2 atom stereocenters. The molecule has 1 aromatic heterocycles. The first-order valence-corrected chi connectivity index (χ1v) is 11.9. The number of fused-ring (bicyclic) bond motifs is 2. The summed E-state index contributed by atoms with van der Waals surface area (Å²) in [5, 5.41) is 7.37. The summed E-state index contributed by atoms with van der Waals surface area (Å²) in [5.41, 5.74) is 5.77. The average Bonchev–Trinajstić information content (AvgIpc) is 2.77. The molecule has 4 nitrogen and oxygen atoms in total. The number of nitrogens with one attached hydrogen (secondary N) is 2. The first kappa shape index (κ1) is 21.5. The molecule has 0 saturated carbocycles. The van der Waals surface area contributed by atoms with Crippen molar-refractivity contribution in [1.29, 1.82) is 0 Å². The van der Waals surface area contributed by atoms with Gasteiger partial charge in [0.15, 0.2) is 0 Å². The molecule has 4 heteroatoms. The molecule has 0 amide bonds. The van der Waals surface area contributed by atoms with Gasteiger partial charge >= 0.3 is 0 Å². The number of unbranched alkanes of at least 4 members (excludes halogenated alkanes) is 1. The molecular weight excluding hydrogens is 368 g/mol. The van der Waals surface area contributed by atoms with Crippen LogP contribution in [0.3, 0.4) is 0 Å². The van der Waals surface area contributed by atoms with Crippen LogP contribution in [0.1, 0.15) is 68.0 Å². The van der Waals surface area contributed by atoms with E-state index in [9.17, 15) is 0 Å². The molecule has 1 aromatic carbocycles. The SMILES string of the molecule is CC(C)NCCCCN(C[C@H]1Cc2ccccc2CN1)[C@H]1CCCc2cccnc21. The van der Waals surface area contributed by atoms with Gasteiger partial charge < -0.3 is 10.6 Å². The minimum Gasteiger partial charge on any atom is -0.315 e. The molecule has 0 bridgehead atoms. The largest absolute Gasteiger partial charge is 0.315 e. The highest BCUT2D eigenvalue weighted by atomic mass is 15.2. The van der Waals surface area contributed by atoms with E-state index in [0.29, 0.717) is 18.1 Å². The molecule has 162 valence electrons. The maximum atomic E-state index is 4.84. The predicted octanol–water partition coefficient (Wildman–Crippen LogP) is 4.25. The highest BCUT2D eigenvalue weighted by molar-refractivity contribution is 5.30. The van der Waals surface area contributed by atoms with Crippen molar-refractivity contribution < 1.29 is 0 Å². The maximum Gasteiger partial charge on any atom is 0.0607 e. The number of nitrogens with zero attached hydrogens (tertiary/aromatic N) is 2. The molecule has 2 N–H and O–H groups in total. The van der Waals surface area contributed by atoms with E-state index in [4.69, 9.17) is 4.98 Å². The van der Waals surface area contributed by atoms with Gasteiger partial charge in [-0.05, 0) is 74.4 Å². The summed E-state index contributed by atoms with van der Waals surface area (Å²) < 4.78 is 0. The average molecular weight is 407 g/mol. The molecule has 0 radical (unpaired) electrons. The van der Waals surface area contributed by atoms with Crippen molar-refractivity contribution in [3.63, 3.8) is 0 Å². The van der Waals surface area contributed by atoms with E-state index in [-0.39, 0.29) is 0 Å². The van der Waals surface area contributed by atoms with Crippen molar-refractivity contribution in [2.75, 3.05) is 19.6 Å². The standard InChI is InChI=1S/C26H38N4/c1-20(2)27-14-5-6-16-30(25-13-7-11-21-12-8-15-28-26(21)25)19-24-17-22-9-3-4-10-23(22)18-29-24/h3-4,8-10,12,15,20,24-25,27,29H,5-7,11,13-14,16-19H2,1-2H3/t24-,25+/m1/s1. The first-order chi connectivity index (χ1) is 14.7. The van der Waals surface area contributed by atoms with Crippen LogP contribution in [-0.4, -0.2) is 41.6 Å². The van der Waals surface area contributed by atoms with Crippen LogP contribution in [0, 0.1) is 0 Å². The van der Waals surface area contributed by atoms with E-state index in [0.717, 1.165) is 32.6 Å². The van der Waals surface area contributed by atoms with Gasteiger partial charge in [0.1, 0.15) is 0 Å². The van der Waals surface area contributed by atoms with Crippen molar-refractivity contribution in [2.45, 2.75) is 77.0 Å². The van der Waals surface area contributed by atoms with Gasteiger partial charge in [-0.15, -0.1) is 0 Å². The highest BCUT2D eigenvalue weighted by Gasteiger charge is 2.29. The summed E-state index contributed by atoms with van der Waals surface area (Å²) in [6.45, 7) is 8.81. The monoisotopic (exact) mass is 406 g/mol. The van der Waals surface area contributed by atoms with Gasteiger partial charge in [-0.2, -0.15) is 0 Å². The number of aromatic nitrogens is 1. The van der Waals surface area contributed by atoms with Gasteiger partial charge in [0.25, 0.3) is 0 Å². The van der Waals surface area contributed by atoms with Gasteiger partial charge in [0, 0.05) is 31.4 Å². The minimum atomic E-state index is 0.465. The molecule has 0 saturated heterocycles. The molecule has 0 spiro atoms.